The van der Waals surface area contributed by atoms with E-state index in [0.717, 1.165) is 0 Å². The molecular formula is C12H23N3O4. The molecule has 3 N–H and O–H groups in total. The van der Waals surface area contributed by atoms with Crippen molar-refractivity contribution in [2.45, 2.75) is 45.2 Å². The smallest absolute Gasteiger partial charge is 0.315 e. The minimum atomic E-state index is -0.911. The summed E-state index contributed by atoms with van der Waals surface area (Å²) in [6, 6.07) is -1.12. The lowest BCUT2D eigenvalue weighted by Gasteiger charge is -2.27. The molecule has 0 aliphatic rings. The average Bonchev–Trinajstić information content (AvgIpc) is 2.24. The van der Waals surface area contributed by atoms with Gasteiger partial charge in [0.1, 0.15) is 6.04 Å². The van der Waals surface area contributed by atoms with Crippen molar-refractivity contribution in [3.8, 4) is 0 Å². The van der Waals surface area contributed by atoms with Gasteiger partial charge in [0, 0.05) is 26.1 Å². The van der Waals surface area contributed by atoms with E-state index < -0.39 is 23.6 Å². The molecule has 0 fully saturated rings. The molecular weight excluding hydrogens is 250 g/mol. The van der Waals surface area contributed by atoms with Crippen molar-refractivity contribution >= 4 is 17.9 Å². The van der Waals surface area contributed by atoms with Gasteiger partial charge in [-0.15, -0.1) is 0 Å². The summed E-state index contributed by atoms with van der Waals surface area (Å²) in [5.74, 6) is -1.12. The third-order valence-electron chi connectivity index (χ3n) is 2.57. The zero-order valence-corrected chi connectivity index (χ0v) is 12.1. The van der Waals surface area contributed by atoms with Crippen LogP contribution in [0.4, 0.5) is 4.79 Å². The Morgan fingerprint density at radius 2 is 1.79 bits per heavy atom. The van der Waals surface area contributed by atoms with Crippen molar-refractivity contribution in [3.63, 3.8) is 0 Å². The molecule has 7 heteroatoms. The Hall–Kier alpha value is -1.79. The highest BCUT2D eigenvalue weighted by Crippen LogP contribution is 2.10. The number of rotatable bonds is 6. The Morgan fingerprint density at radius 1 is 1.26 bits per heavy atom. The fraction of sp³-hybridized carbons (Fsp3) is 0.750. The fourth-order valence-electron chi connectivity index (χ4n) is 1.47. The van der Waals surface area contributed by atoms with Crippen LogP contribution in [0.3, 0.4) is 0 Å². The van der Waals surface area contributed by atoms with Crippen molar-refractivity contribution < 1.29 is 19.5 Å². The van der Waals surface area contributed by atoms with Crippen molar-refractivity contribution in [3.05, 3.63) is 0 Å². The van der Waals surface area contributed by atoms with Crippen molar-refractivity contribution in [1.82, 2.24) is 15.5 Å². The van der Waals surface area contributed by atoms with Crippen molar-refractivity contribution in [1.29, 1.82) is 0 Å². The molecule has 0 spiro atoms. The van der Waals surface area contributed by atoms with E-state index in [1.807, 2.05) is 0 Å². The van der Waals surface area contributed by atoms with Crippen LogP contribution in [0.25, 0.3) is 0 Å². The third-order valence-corrected chi connectivity index (χ3v) is 2.57. The summed E-state index contributed by atoms with van der Waals surface area (Å²) in [4.78, 5) is 35.1. The van der Waals surface area contributed by atoms with Crippen LogP contribution in [0.2, 0.25) is 0 Å². The number of carbonyl (C=O) groups is 3. The van der Waals surface area contributed by atoms with E-state index in [0.29, 0.717) is 6.42 Å². The van der Waals surface area contributed by atoms with Crippen LogP contribution in [0.15, 0.2) is 0 Å². The van der Waals surface area contributed by atoms with Gasteiger partial charge in [-0.1, -0.05) is 0 Å². The second-order valence-electron chi connectivity index (χ2n) is 5.33. The number of carboxylic acid groups (broad SMARTS) is 1. The normalized spacial score (nSPS) is 12.5. The lowest BCUT2D eigenvalue weighted by molar-refractivity contribution is -0.137. The molecule has 0 saturated carbocycles. The molecule has 110 valence electrons. The molecule has 0 saturated heterocycles. The van der Waals surface area contributed by atoms with E-state index in [2.05, 4.69) is 10.6 Å². The molecule has 0 heterocycles. The third kappa shape index (κ3) is 7.28. The van der Waals surface area contributed by atoms with Gasteiger partial charge in [-0.05, 0) is 27.2 Å². The number of likely N-dealkylation sites (N-methyl/N-ethyl adjacent to an activating group) is 1. The predicted molar refractivity (Wildman–Crippen MR) is 70.8 cm³/mol. The predicted octanol–water partition coefficient (Wildman–Crippen LogP) is 0.406. The van der Waals surface area contributed by atoms with Crippen molar-refractivity contribution in [2.24, 2.45) is 0 Å². The molecule has 0 aliphatic heterocycles. The molecule has 19 heavy (non-hydrogen) atoms. The first kappa shape index (κ1) is 17.2. The highest BCUT2D eigenvalue weighted by Gasteiger charge is 2.24. The Kier molecular flexibility index (Phi) is 6.31. The van der Waals surface area contributed by atoms with Gasteiger partial charge in [0.15, 0.2) is 0 Å². The molecule has 0 bridgehead atoms. The molecule has 0 aromatic rings. The van der Waals surface area contributed by atoms with Gasteiger partial charge in [0.2, 0.25) is 5.91 Å². The molecule has 0 aromatic carbocycles. The van der Waals surface area contributed by atoms with Crippen LogP contribution >= 0.6 is 0 Å². The maximum Gasteiger partial charge on any atom is 0.315 e. The number of amides is 3. The van der Waals surface area contributed by atoms with E-state index in [1.54, 1.807) is 34.9 Å². The Balaban J connectivity index is 4.30. The molecule has 0 aliphatic carbocycles. The molecule has 0 radical (unpaired) electrons. The number of nitrogens with one attached hydrogen (secondary N) is 2. The quantitative estimate of drug-likeness (QED) is 0.652. The Labute approximate surface area is 113 Å². The van der Waals surface area contributed by atoms with Crippen LogP contribution in [0, 0.1) is 0 Å². The largest absolute Gasteiger partial charge is 0.481 e. The summed E-state index contributed by atoms with van der Waals surface area (Å²) in [6.45, 7) is 5.05. The number of carbonyl (C=O) groups excluding carboxylic acids is 2. The number of aliphatic carboxylic acids is 1. The Bertz CT molecular complexity index is 353. The number of nitrogens with zero attached hydrogens (tertiary/aromatic N) is 1. The summed E-state index contributed by atoms with van der Waals surface area (Å²) in [5, 5.41) is 13.8. The van der Waals surface area contributed by atoms with Crippen LogP contribution in [-0.4, -0.2) is 53.6 Å². The lowest BCUT2D eigenvalue weighted by atomic mass is 9.99. The van der Waals surface area contributed by atoms with E-state index in [4.69, 9.17) is 5.11 Å². The number of urea groups is 1. The summed E-state index contributed by atoms with van der Waals surface area (Å²) in [5.41, 5.74) is -0.649. The van der Waals surface area contributed by atoms with Gasteiger partial charge in [-0.2, -0.15) is 0 Å². The molecule has 0 aromatic heterocycles. The standard InChI is InChI=1S/C12H23N3O4/c1-8(10(18)15(4)5)13-11(19)14-12(2,3)7-6-9(16)17/h8H,6-7H2,1-5H3,(H,16,17)(H2,13,14,19). The molecule has 0 rings (SSSR count). The second-order valence-corrected chi connectivity index (χ2v) is 5.33. The first-order valence-electron chi connectivity index (χ1n) is 6.07. The van der Waals surface area contributed by atoms with Gasteiger partial charge in [-0.3, -0.25) is 9.59 Å². The minimum absolute atomic E-state index is 0.0283. The maximum absolute atomic E-state index is 11.7. The molecule has 1 atom stereocenters. The van der Waals surface area contributed by atoms with Gasteiger partial charge in [0.25, 0.3) is 0 Å². The van der Waals surface area contributed by atoms with E-state index >= 15 is 0 Å². The van der Waals surface area contributed by atoms with Gasteiger partial charge in [0.05, 0.1) is 0 Å². The molecule has 1 unspecified atom stereocenters. The average molecular weight is 273 g/mol. The van der Waals surface area contributed by atoms with Gasteiger partial charge >= 0.3 is 12.0 Å². The number of hydrogen-bond acceptors (Lipinski definition) is 3. The first-order chi connectivity index (χ1) is 8.55. The van der Waals surface area contributed by atoms with Crippen LogP contribution in [-0.2, 0) is 9.59 Å². The van der Waals surface area contributed by atoms with E-state index in [1.165, 1.54) is 4.90 Å². The maximum atomic E-state index is 11.7. The van der Waals surface area contributed by atoms with Crippen molar-refractivity contribution in [2.75, 3.05) is 14.1 Å². The number of carboxylic acids is 1. The highest BCUT2D eigenvalue weighted by atomic mass is 16.4. The zero-order chi connectivity index (χ0) is 15.2. The Morgan fingerprint density at radius 3 is 2.21 bits per heavy atom. The monoisotopic (exact) mass is 273 g/mol. The summed E-state index contributed by atoms with van der Waals surface area (Å²) < 4.78 is 0. The first-order valence-corrected chi connectivity index (χ1v) is 6.07. The molecule has 7 nitrogen and oxygen atoms in total. The number of hydrogen-bond donors (Lipinski definition) is 3. The summed E-state index contributed by atoms with van der Waals surface area (Å²) >= 11 is 0. The fourth-order valence-corrected chi connectivity index (χ4v) is 1.47. The summed E-state index contributed by atoms with van der Waals surface area (Å²) in [7, 11) is 3.21. The van der Waals surface area contributed by atoms with E-state index in [-0.39, 0.29) is 12.3 Å². The SMILES string of the molecule is CC(NC(=O)NC(C)(C)CCC(=O)O)C(=O)N(C)C. The van der Waals surface area contributed by atoms with Gasteiger partial charge < -0.3 is 20.6 Å². The zero-order valence-electron chi connectivity index (χ0n) is 12.1. The second kappa shape index (κ2) is 6.96. The summed E-state index contributed by atoms with van der Waals surface area (Å²) in [6.07, 6.45) is 0.283. The van der Waals surface area contributed by atoms with Crippen LogP contribution in [0.5, 0.6) is 0 Å². The minimum Gasteiger partial charge on any atom is -0.481 e. The van der Waals surface area contributed by atoms with Gasteiger partial charge in [-0.25, -0.2) is 4.79 Å². The van der Waals surface area contributed by atoms with Crippen LogP contribution in [0.1, 0.15) is 33.6 Å². The molecule has 3 amide bonds. The highest BCUT2D eigenvalue weighted by molar-refractivity contribution is 5.86. The van der Waals surface area contributed by atoms with E-state index in [9.17, 15) is 14.4 Å². The lowest BCUT2D eigenvalue weighted by Crippen LogP contribution is -2.53. The topological polar surface area (TPSA) is 98.7 Å². The van der Waals surface area contributed by atoms with Crippen LogP contribution < -0.4 is 10.6 Å².